The van der Waals surface area contributed by atoms with Crippen LogP contribution < -0.4 is 0 Å². The highest BCUT2D eigenvalue weighted by molar-refractivity contribution is 6.05. The first-order valence-corrected chi connectivity index (χ1v) is 11.3. The minimum atomic E-state index is -0.250. The van der Waals surface area contributed by atoms with Gasteiger partial charge in [-0.25, -0.2) is 4.39 Å². The van der Waals surface area contributed by atoms with Crippen LogP contribution in [0.25, 0.3) is 38.6 Å². The molecule has 0 spiro atoms. The van der Waals surface area contributed by atoms with Gasteiger partial charge >= 0.3 is 0 Å². The summed E-state index contributed by atoms with van der Waals surface area (Å²) in [7, 11) is 0. The van der Waals surface area contributed by atoms with Crippen molar-refractivity contribution in [1.29, 1.82) is 0 Å². The van der Waals surface area contributed by atoms with Crippen molar-refractivity contribution < 1.29 is 14.2 Å². The van der Waals surface area contributed by atoms with Crippen LogP contribution in [0.1, 0.15) is 30.0 Å². The van der Waals surface area contributed by atoms with Crippen LogP contribution in [-0.2, 0) is 11.3 Å². The van der Waals surface area contributed by atoms with Gasteiger partial charge in [-0.1, -0.05) is 24.3 Å². The molecule has 1 saturated heterocycles. The summed E-state index contributed by atoms with van der Waals surface area (Å²) in [6, 6.07) is 19.1. The Kier molecular flexibility index (Phi) is 4.97. The van der Waals surface area contributed by atoms with Crippen molar-refractivity contribution >= 4 is 21.8 Å². The molecule has 3 aromatic carbocycles. The first kappa shape index (κ1) is 20.1. The highest BCUT2D eigenvalue weighted by Gasteiger charge is 2.28. The number of benzene rings is 3. The number of hydrogen-bond acceptors (Lipinski definition) is 3. The topological polar surface area (TPSA) is 63.1 Å². The van der Waals surface area contributed by atoms with Crippen molar-refractivity contribution in [1.82, 2.24) is 14.8 Å². The zero-order valence-corrected chi connectivity index (χ0v) is 18.1. The van der Waals surface area contributed by atoms with E-state index in [2.05, 4.69) is 39.0 Å². The lowest BCUT2D eigenvalue weighted by Crippen LogP contribution is -2.17. The molecule has 0 atom stereocenters. The number of aliphatic hydroxyl groups is 1. The molecule has 0 amide bonds. The molecule has 2 aromatic heterocycles. The Balaban J connectivity index is 1.72. The SMILES string of the molecule is OCc1ccc(-c2c(C3CCOCC3)n(-c3ccc(F)cc3)c3cc4cn[nH]c4cc23)cc1. The molecule has 0 bridgehead atoms. The minimum Gasteiger partial charge on any atom is -0.392 e. The summed E-state index contributed by atoms with van der Waals surface area (Å²) in [5, 5.41) is 19.0. The van der Waals surface area contributed by atoms with Crippen LogP contribution >= 0.6 is 0 Å². The molecule has 0 radical (unpaired) electrons. The molecule has 5 aromatic rings. The van der Waals surface area contributed by atoms with Gasteiger partial charge in [0.1, 0.15) is 5.82 Å². The molecule has 0 unspecified atom stereocenters. The molecule has 1 fully saturated rings. The largest absolute Gasteiger partial charge is 0.392 e. The van der Waals surface area contributed by atoms with Gasteiger partial charge in [-0.15, -0.1) is 0 Å². The van der Waals surface area contributed by atoms with E-state index in [9.17, 15) is 9.50 Å². The number of aliphatic hydroxyl groups excluding tert-OH is 1. The summed E-state index contributed by atoms with van der Waals surface area (Å²) >= 11 is 0. The molecular formula is C27H24FN3O2. The lowest BCUT2D eigenvalue weighted by molar-refractivity contribution is 0.0843. The maximum Gasteiger partial charge on any atom is 0.123 e. The van der Waals surface area contributed by atoms with E-state index in [1.165, 1.54) is 23.4 Å². The highest BCUT2D eigenvalue weighted by Crippen LogP contribution is 2.44. The summed E-state index contributed by atoms with van der Waals surface area (Å²) in [6.45, 7) is 1.46. The number of nitrogens with zero attached hydrogens (tertiary/aromatic N) is 2. The van der Waals surface area contributed by atoms with E-state index in [4.69, 9.17) is 4.74 Å². The number of rotatable bonds is 4. The third kappa shape index (κ3) is 3.43. The number of aromatic amines is 1. The number of hydrogen-bond donors (Lipinski definition) is 2. The van der Waals surface area contributed by atoms with Crippen molar-refractivity contribution in [2.45, 2.75) is 25.4 Å². The van der Waals surface area contributed by atoms with Gasteiger partial charge in [-0.2, -0.15) is 5.10 Å². The third-order valence-corrected chi connectivity index (χ3v) is 6.68. The zero-order chi connectivity index (χ0) is 22.4. The van der Waals surface area contributed by atoms with Gasteiger partial charge in [0.15, 0.2) is 0 Å². The number of aromatic nitrogens is 3. The Bertz CT molecular complexity index is 1430. The smallest absolute Gasteiger partial charge is 0.123 e. The minimum absolute atomic E-state index is 0.0131. The number of halogens is 1. The van der Waals surface area contributed by atoms with E-state index >= 15 is 0 Å². The normalized spacial score (nSPS) is 15.0. The third-order valence-electron chi connectivity index (χ3n) is 6.68. The molecule has 1 aliphatic heterocycles. The van der Waals surface area contributed by atoms with Gasteiger partial charge < -0.3 is 14.4 Å². The monoisotopic (exact) mass is 441 g/mol. The molecule has 2 N–H and O–H groups in total. The zero-order valence-electron chi connectivity index (χ0n) is 18.1. The Labute approximate surface area is 190 Å². The van der Waals surface area contributed by atoms with E-state index in [1.54, 1.807) is 0 Å². The molecule has 6 rings (SSSR count). The van der Waals surface area contributed by atoms with Gasteiger partial charge in [0.05, 0.1) is 23.8 Å². The summed E-state index contributed by atoms with van der Waals surface area (Å²) in [6.07, 6.45) is 3.69. The Morgan fingerprint density at radius 2 is 1.79 bits per heavy atom. The van der Waals surface area contributed by atoms with Gasteiger partial charge in [-0.3, -0.25) is 5.10 Å². The molecule has 1 aliphatic rings. The van der Waals surface area contributed by atoms with E-state index in [0.717, 1.165) is 64.7 Å². The Hall–Kier alpha value is -3.48. The molecule has 33 heavy (non-hydrogen) atoms. The predicted molar refractivity (Wildman–Crippen MR) is 127 cm³/mol. The number of ether oxygens (including phenoxy) is 1. The van der Waals surface area contributed by atoms with Crippen molar-refractivity contribution in [3.8, 4) is 16.8 Å². The molecule has 0 saturated carbocycles. The van der Waals surface area contributed by atoms with Crippen LogP contribution in [0.3, 0.4) is 0 Å². The van der Waals surface area contributed by atoms with Crippen molar-refractivity contribution in [3.63, 3.8) is 0 Å². The summed E-state index contributed by atoms with van der Waals surface area (Å²) < 4.78 is 21.8. The second-order valence-corrected chi connectivity index (χ2v) is 8.64. The molecule has 6 heteroatoms. The van der Waals surface area contributed by atoms with Crippen molar-refractivity contribution in [3.05, 3.63) is 83.9 Å². The van der Waals surface area contributed by atoms with Crippen LogP contribution in [0.2, 0.25) is 0 Å². The van der Waals surface area contributed by atoms with E-state index in [-0.39, 0.29) is 12.4 Å². The fraction of sp³-hybridized carbons (Fsp3) is 0.222. The second-order valence-electron chi connectivity index (χ2n) is 8.64. The summed E-state index contributed by atoms with van der Waals surface area (Å²) in [5.74, 6) is 0.0556. The molecule has 5 nitrogen and oxygen atoms in total. The molecule has 0 aliphatic carbocycles. The van der Waals surface area contributed by atoms with Gasteiger partial charge in [0.25, 0.3) is 0 Å². The lowest BCUT2D eigenvalue weighted by atomic mass is 9.89. The Morgan fingerprint density at radius 3 is 2.52 bits per heavy atom. The van der Waals surface area contributed by atoms with Crippen LogP contribution in [0.5, 0.6) is 0 Å². The first-order chi connectivity index (χ1) is 16.2. The van der Waals surface area contributed by atoms with Crippen molar-refractivity contribution in [2.75, 3.05) is 13.2 Å². The average molecular weight is 442 g/mol. The van der Waals surface area contributed by atoms with Crippen LogP contribution in [-0.4, -0.2) is 33.1 Å². The molecular weight excluding hydrogens is 417 g/mol. The first-order valence-electron chi connectivity index (χ1n) is 11.3. The quantitative estimate of drug-likeness (QED) is 0.376. The number of nitrogens with one attached hydrogen (secondary N) is 1. The fourth-order valence-corrected chi connectivity index (χ4v) is 5.05. The van der Waals surface area contributed by atoms with E-state index in [1.807, 2.05) is 30.5 Å². The maximum absolute atomic E-state index is 13.8. The van der Waals surface area contributed by atoms with Gasteiger partial charge in [-0.05, 0) is 60.4 Å². The van der Waals surface area contributed by atoms with E-state index < -0.39 is 0 Å². The molecule has 166 valence electrons. The van der Waals surface area contributed by atoms with Crippen LogP contribution in [0.15, 0.2) is 66.9 Å². The van der Waals surface area contributed by atoms with Crippen molar-refractivity contribution in [2.24, 2.45) is 0 Å². The molecule has 3 heterocycles. The fourth-order valence-electron chi connectivity index (χ4n) is 5.05. The highest BCUT2D eigenvalue weighted by atomic mass is 19.1. The number of H-pyrrole nitrogens is 1. The Morgan fingerprint density at radius 1 is 1.03 bits per heavy atom. The van der Waals surface area contributed by atoms with Gasteiger partial charge in [0, 0.05) is 46.8 Å². The summed E-state index contributed by atoms with van der Waals surface area (Å²) in [5.41, 5.74) is 7.34. The maximum atomic E-state index is 13.8. The average Bonchev–Trinajstić information content (AvgIpc) is 3.45. The van der Waals surface area contributed by atoms with Crippen LogP contribution in [0, 0.1) is 5.82 Å². The second kappa shape index (κ2) is 8.14. The van der Waals surface area contributed by atoms with E-state index in [0.29, 0.717) is 5.92 Å². The lowest BCUT2D eigenvalue weighted by Gasteiger charge is -2.26. The standard InChI is InChI=1S/C27H24FN3O2/c28-21-5-7-22(8-6-21)31-25-13-20-15-29-30-24(20)14-23(25)26(18-3-1-17(16-32)2-4-18)27(31)19-9-11-33-12-10-19/h1-8,13-15,19,32H,9-12,16H2,(H,29,30). The predicted octanol–water partition coefficient (Wildman–Crippen LogP) is 5.70. The van der Waals surface area contributed by atoms with Crippen LogP contribution in [0.4, 0.5) is 4.39 Å². The van der Waals surface area contributed by atoms with Gasteiger partial charge in [0.2, 0.25) is 0 Å². The summed E-state index contributed by atoms with van der Waals surface area (Å²) in [4.78, 5) is 0. The number of fused-ring (bicyclic) bond motifs is 2.